The Kier molecular flexibility index (Phi) is 4.09. The molecule has 5 nitrogen and oxygen atoms in total. The second-order valence-electron chi connectivity index (χ2n) is 5.49. The van der Waals surface area contributed by atoms with E-state index in [9.17, 15) is 9.59 Å². The van der Waals surface area contributed by atoms with Crippen LogP contribution in [-0.2, 0) is 4.79 Å². The van der Waals surface area contributed by atoms with E-state index in [0.29, 0.717) is 25.0 Å². The summed E-state index contributed by atoms with van der Waals surface area (Å²) in [6.45, 7) is 3.52. The average Bonchev–Trinajstić information content (AvgIpc) is 3.07. The summed E-state index contributed by atoms with van der Waals surface area (Å²) in [7, 11) is 0. The Hall–Kier alpha value is -1.26. The van der Waals surface area contributed by atoms with Crippen molar-refractivity contribution in [2.24, 2.45) is 11.8 Å². The molecule has 2 fully saturated rings. The number of hydrogen-bond donors (Lipinski definition) is 2. The van der Waals surface area contributed by atoms with Gasteiger partial charge in [-0.05, 0) is 31.1 Å². The molecule has 2 amide bonds. The van der Waals surface area contributed by atoms with E-state index in [4.69, 9.17) is 5.11 Å². The Balaban J connectivity index is 1.69. The Morgan fingerprint density at radius 1 is 1.33 bits per heavy atom. The average molecular weight is 254 g/mol. The molecule has 1 aliphatic heterocycles. The molecule has 0 aromatic rings. The third-order valence-electron chi connectivity index (χ3n) is 4.12. The SMILES string of the molecule is CCC1CC1NC(=O)N1CCC(CC(=O)O)CC1. The molecule has 0 spiro atoms. The second kappa shape index (κ2) is 5.59. The molecule has 0 bridgehead atoms. The maximum Gasteiger partial charge on any atom is 0.317 e. The largest absolute Gasteiger partial charge is 0.481 e. The van der Waals surface area contributed by atoms with E-state index in [0.717, 1.165) is 25.7 Å². The van der Waals surface area contributed by atoms with Crippen LogP contribution < -0.4 is 5.32 Å². The topological polar surface area (TPSA) is 69.6 Å². The fraction of sp³-hybridized carbons (Fsp3) is 0.846. The van der Waals surface area contributed by atoms with Crippen molar-refractivity contribution in [1.29, 1.82) is 0 Å². The Bertz CT molecular complexity index is 324. The molecule has 102 valence electrons. The van der Waals surface area contributed by atoms with E-state index in [-0.39, 0.29) is 18.4 Å². The minimum absolute atomic E-state index is 0.0322. The van der Waals surface area contributed by atoms with Crippen molar-refractivity contribution in [3.05, 3.63) is 0 Å². The highest BCUT2D eigenvalue weighted by Gasteiger charge is 2.37. The molecule has 0 aromatic heterocycles. The summed E-state index contributed by atoms with van der Waals surface area (Å²) in [6.07, 6.45) is 4.09. The van der Waals surface area contributed by atoms with Gasteiger partial charge in [-0.25, -0.2) is 4.79 Å². The molecule has 1 heterocycles. The van der Waals surface area contributed by atoms with E-state index in [1.54, 1.807) is 0 Å². The van der Waals surface area contributed by atoms with Crippen LogP contribution in [0.25, 0.3) is 0 Å². The highest BCUT2D eigenvalue weighted by molar-refractivity contribution is 5.75. The number of carbonyl (C=O) groups excluding carboxylic acids is 1. The van der Waals surface area contributed by atoms with Crippen molar-refractivity contribution in [1.82, 2.24) is 10.2 Å². The fourth-order valence-corrected chi connectivity index (χ4v) is 2.71. The number of amides is 2. The monoisotopic (exact) mass is 254 g/mol. The quantitative estimate of drug-likeness (QED) is 0.802. The third-order valence-corrected chi connectivity index (χ3v) is 4.12. The summed E-state index contributed by atoms with van der Waals surface area (Å²) in [5.41, 5.74) is 0. The molecule has 2 rings (SSSR count). The summed E-state index contributed by atoms with van der Waals surface area (Å²) in [5, 5.41) is 11.8. The first-order chi connectivity index (χ1) is 8.60. The summed E-state index contributed by atoms with van der Waals surface area (Å²) in [6, 6.07) is 0.406. The third kappa shape index (κ3) is 3.37. The lowest BCUT2D eigenvalue weighted by Crippen LogP contribution is -2.45. The van der Waals surface area contributed by atoms with Gasteiger partial charge in [-0.3, -0.25) is 4.79 Å². The van der Waals surface area contributed by atoms with Gasteiger partial charge in [0.1, 0.15) is 0 Å². The zero-order valence-corrected chi connectivity index (χ0v) is 10.9. The first-order valence-electron chi connectivity index (χ1n) is 6.87. The maximum absolute atomic E-state index is 11.9. The first kappa shape index (κ1) is 13.2. The predicted octanol–water partition coefficient (Wildman–Crippen LogP) is 1.68. The van der Waals surface area contributed by atoms with Crippen LogP contribution in [0.5, 0.6) is 0 Å². The number of carbonyl (C=O) groups is 2. The zero-order chi connectivity index (χ0) is 13.1. The number of aliphatic carboxylic acids is 1. The van der Waals surface area contributed by atoms with E-state index in [1.807, 2.05) is 4.90 Å². The molecule has 2 aliphatic rings. The van der Waals surface area contributed by atoms with Crippen LogP contribution in [0.1, 0.15) is 39.0 Å². The number of nitrogens with zero attached hydrogens (tertiary/aromatic N) is 1. The van der Waals surface area contributed by atoms with Crippen molar-refractivity contribution >= 4 is 12.0 Å². The van der Waals surface area contributed by atoms with Gasteiger partial charge in [0.2, 0.25) is 0 Å². The first-order valence-corrected chi connectivity index (χ1v) is 6.87. The van der Waals surface area contributed by atoms with Crippen LogP contribution in [0.2, 0.25) is 0 Å². The van der Waals surface area contributed by atoms with Gasteiger partial charge in [0.15, 0.2) is 0 Å². The number of hydrogen-bond acceptors (Lipinski definition) is 2. The van der Waals surface area contributed by atoms with Crippen molar-refractivity contribution in [3.8, 4) is 0 Å². The Morgan fingerprint density at radius 2 is 2.00 bits per heavy atom. The second-order valence-corrected chi connectivity index (χ2v) is 5.49. The molecule has 2 N–H and O–H groups in total. The molecule has 2 unspecified atom stereocenters. The molecular weight excluding hydrogens is 232 g/mol. The van der Waals surface area contributed by atoms with Gasteiger partial charge in [0.25, 0.3) is 0 Å². The summed E-state index contributed by atoms with van der Waals surface area (Å²) in [4.78, 5) is 24.4. The smallest absolute Gasteiger partial charge is 0.317 e. The highest BCUT2D eigenvalue weighted by atomic mass is 16.4. The zero-order valence-electron chi connectivity index (χ0n) is 10.9. The van der Waals surface area contributed by atoms with Crippen LogP contribution >= 0.6 is 0 Å². The molecule has 0 radical (unpaired) electrons. The van der Waals surface area contributed by atoms with Gasteiger partial charge in [0.05, 0.1) is 0 Å². The lowest BCUT2D eigenvalue weighted by molar-refractivity contribution is -0.138. The normalized spacial score (nSPS) is 27.9. The van der Waals surface area contributed by atoms with Crippen LogP contribution in [0, 0.1) is 11.8 Å². The molecule has 1 saturated carbocycles. The molecule has 5 heteroatoms. The van der Waals surface area contributed by atoms with E-state index >= 15 is 0 Å². The summed E-state index contributed by atoms with van der Waals surface area (Å²) >= 11 is 0. The summed E-state index contributed by atoms with van der Waals surface area (Å²) in [5.74, 6) is 0.163. The van der Waals surface area contributed by atoms with Gasteiger partial charge in [-0.1, -0.05) is 13.3 Å². The minimum atomic E-state index is -0.735. The van der Waals surface area contributed by atoms with Gasteiger partial charge in [-0.2, -0.15) is 0 Å². The van der Waals surface area contributed by atoms with Crippen molar-refractivity contribution in [2.75, 3.05) is 13.1 Å². The van der Waals surface area contributed by atoms with Gasteiger partial charge in [-0.15, -0.1) is 0 Å². The van der Waals surface area contributed by atoms with Crippen molar-refractivity contribution in [2.45, 2.75) is 45.1 Å². The molecule has 0 aromatic carbocycles. The molecule has 1 saturated heterocycles. The number of piperidine rings is 1. The van der Waals surface area contributed by atoms with Crippen LogP contribution in [0.4, 0.5) is 4.79 Å². The fourth-order valence-electron chi connectivity index (χ4n) is 2.71. The van der Waals surface area contributed by atoms with Crippen LogP contribution in [0.3, 0.4) is 0 Å². The highest BCUT2D eigenvalue weighted by Crippen LogP contribution is 2.33. The van der Waals surface area contributed by atoms with Crippen LogP contribution in [-0.4, -0.2) is 41.1 Å². The van der Waals surface area contributed by atoms with E-state index in [1.165, 1.54) is 0 Å². The number of carboxylic acids is 1. The Morgan fingerprint density at radius 3 is 2.50 bits per heavy atom. The number of likely N-dealkylation sites (tertiary alicyclic amines) is 1. The van der Waals surface area contributed by atoms with Crippen LogP contribution in [0.15, 0.2) is 0 Å². The molecule has 18 heavy (non-hydrogen) atoms. The molecular formula is C13H22N2O3. The molecule has 1 aliphatic carbocycles. The van der Waals surface area contributed by atoms with Crippen molar-refractivity contribution in [3.63, 3.8) is 0 Å². The number of carboxylic acid groups (broad SMARTS) is 1. The number of urea groups is 1. The number of rotatable bonds is 4. The lowest BCUT2D eigenvalue weighted by atomic mass is 9.94. The van der Waals surface area contributed by atoms with Gasteiger partial charge < -0.3 is 15.3 Å². The number of nitrogens with one attached hydrogen (secondary N) is 1. The minimum Gasteiger partial charge on any atom is -0.481 e. The summed E-state index contributed by atoms with van der Waals surface area (Å²) < 4.78 is 0. The molecule has 2 atom stereocenters. The maximum atomic E-state index is 11.9. The van der Waals surface area contributed by atoms with Crippen molar-refractivity contribution < 1.29 is 14.7 Å². The Labute approximate surface area is 108 Å². The standard InChI is InChI=1S/C13H22N2O3/c1-2-10-8-11(10)14-13(18)15-5-3-9(4-6-15)7-12(16)17/h9-11H,2-8H2,1H3,(H,14,18)(H,16,17). The van der Waals surface area contributed by atoms with Gasteiger partial charge >= 0.3 is 12.0 Å². The lowest BCUT2D eigenvalue weighted by Gasteiger charge is -2.31. The van der Waals surface area contributed by atoms with E-state index in [2.05, 4.69) is 12.2 Å². The van der Waals surface area contributed by atoms with E-state index < -0.39 is 5.97 Å². The predicted molar refractivity (Wildman–Crippen MR) is 67.3 cm³/mol. The van der Waals surface area contributed by atoms with Gasteiger partial charge in [0, 0.05) is 25.6 Å².